The minimum absolute atomic E-state index is 0.0114. The molecule has 3 heterocycles. The second-order valence-electron chi connectivity index (χ2n) is 10.4. The van der Waals surface area contributed by atoms with E-state index in [1.807, 2.05) is 42.5 Å². The Bertz CT molecular complexity index is 874. The smallest absolute Gasteiger partial charge is 0.318 e. The number of hydrogen-bond donors (Lipinski definition) is 0. The summed E-state index contributed by atoms with van der Waals surface area (Å²) >= 11 is 0. The summed E-state index contributed by atoms with van der Waals surface area (Å²) < 4.78 is 25.3. The maximum atomic E-state index is 13.2. The first-order chi connectivity index (χ1) is 14.6. The van der Waals surface area contributed by atoms with Crippen LogP contribution in [0, 0.1) is 5.41 Å². The highest BCUT2D eigenvalue weighted by atomic mass is 28.4. The fraction of sp³-hybridized carbons (Fsp3) is 0.560. The second kappa shape index (κ2) is 7.69. The van der Waals surface area contributed by atoms with Crippen LogP contribution in [0.5, 0.6) is 0 Å². The van der Waals surface area contributed by atoms with Crippen LogP contribution in [0.4, 0.5) is 0 Å². The van der Waals surface area contributed by atoms with Gasteiger partial charge in [0, 0.05) is 6.42 Å². The van der Waals surface area contributed by atoms with Crippen molar-refractivity contribution in [1.29, 1.82) is 0 Å². The molecule has 6 heteroatoms. The molecule has 1 unspecified atom stereocenters. The van der Waals surface area contributed by atoms with Gasteiger partial charge in [0.1, 0.15) is 23.2 Å². The number of cyclic esters (lactones) is 1. The molecule has 1 aromatic rings. The van der Waals surface area contributed by atoms with Gasteiger partial charge < -0.3 is 18.6 Å². The molecule has 168 valence electrons. The summed E-state index contributed by atoms with van der Waals surface area (Å²) in [4.78, 5) is 13.2. The van der Waals surface area contributed by atoms with Crippen molar-refractivity contribution in [3.8, 4) is 0 Å². The van der Waals surface area contributed by atoms with Gasteiger partial charge in [0.15, 0.2) is 8.32 Å². The van der Waals surface area contributed by atoms with Gasteiger partial charge in [-0.05, 0) is 29.8 Å². The topological polar surface area (TPSA) is 54.0 Å². The summed E-state index contributed by atoms with van der Waals surface area (Å²) in [5.41, 5.74) is -0.785. The van der Waals surface area contributed by atoms with Crippen LogP contribution in [0.25, 0.3) is 0 Å². The summed E-state index contributed by atoms with van der Waals surface area (Å²) in [6.45, 7) is 15.9. The fourth-order valence-electron chi connectivity index (χ4n) is 4.70. The Labute approximate surface area is 186 Å². The average molecular weight is 443 g/mol. The Morgan fingerprint density at radius 2 is 1.97 bits per heavy atom. The molecule has 0 aromatic heterocycles. The van der Waals surface area contributed by atoms with Crippen molar-refractivity contribution in [1.82, 2.24) is 0 Å². The van der Waals surface area contributed by atoms with E-state index in [2.05, 4.69) is 40.4 Å². The molecule has 2 fully saturated rings. The zero-order valence-corrected chi connectivity index (χ0v) is 20.2. The molecule has 2 bridgehead atoms. The number of ether oxygens (including phenoxy) is 3. The van der Waals surface area contributed by atoms with E-state index in [4.69, 9.17) is 18.6 Å². The van der Waals surface area contributed by atoms with E-state index in [9.17, 15) is 4.79 Å². The van der Waals surface area contributed by atoms with Gasteiger partial charge in [0.05, 0.1) is 19.3 Å². The minimum atomic E-state index is -2.22. The molecular weight excluding hydrogens is 408 g/mol. The van der Waals surface area contributed by atoms with Gasteiger partial charge in [-0.15, -0.1) is 0 Å². The predicted octanol–water partition coefficient (Wildman–Crippen LogP) is 4.79. The third-order valence-corrected chi connectivity index (χ3v) is 12.0. The molecule has 5 atom stereocenters. The SMILES string of the molecule is C=C[C@]12C=C[C@H](OCc3ccccc3)C(O1)[C@@H](O[Si](C)(C)C(C)(C)C)[C@@]21CCOC1=O. The van der Waals surface area contributed by atoms with Crippen LogP contribution in [0.15, 0.2) is 55.1 Å². The molecule has 0 amide bonds. The summed E-state index contributed by atoms with van der Waals surface area (Å²) in [5.74, 6) is -0.257. The van der Waals surface area contributed by atoms with Crippen LogP contribution >= 0.6 is 0 Å². The molecule has 1 aromatic carbocycles. The average Bonchev–Trinajstić information content (AvgIpc) is 3.21. The largest absolute Gasteiger partial charge is 0.465 e. The maximum Gasteiger partial charge on any atom is 0.318 e. The van der Waals surface area contributed by atoms with Crippen LogP contribution in [0.2, 0.25) is 18.1 Å². The summed E-state index contributed by atoms with van der Waals surface area (Å²) in [6.07, 6.45) is 5.04. The van der Waals surface area contributed by atoms with Gasteiger partial charge >= 0.3 is 5.97 Å². The Morgan fingerprint density at radius 3 is 2.55 bits per heavy atom. The highest BCUT2D eigenvalue weighted by molar-refractivity contribution is 6.74. The van der Waals surface area contributed by atoms with Gasteiger partial charge in [0.25, 0.3) is 0 Å². The van der Waals surface area contributed by atoms with Crippen LogP contribution in [-0.2, 0) is 30.0 Å². The maximum absolute atomic E-state index is 13.2. The molecule has 1 spiro atoms. The number of carbonyl (C=O) groups is 1. The van der Waals surface area contributed by atoms with E-state index in [-0.39, 0.29) is 17.1 Å². The predicted molar refractivity (Wildman–Crippen MR) is 122 cm³/mol. The second-order valence-corrected chi connectivity index (χ2v) is 15.1. The van der Waals surface area contributed by atoms with Crippen molar-refractivity contribution in [3.05, 3.63) is 60.7 Å². The monoisotopic (exact) mass is 442 g/mol. The third kappa shape index (κ3) is 3.44. The number of carbonyl (C=O) groups excluding carboxylic acids is 1. The van der Waals surface area contributed by atoms with Gasteiger partial charge in [-0.2, -0.15) is 0 Å². The zero-order valence-electron chi connectivity index (χ0n) is 19.2. The molecule has 0 N–H and O–H groups in total. The molecule has 31 heavy (non-hydrogen) atoms. The van der Waals surface area contributed by atoms with Crippen LogP contribution in [-0.4, -0.2) is 44.8 Å². The van der Waals surface area contributed by atoms with E-state index < -0.39 is 31.5 Å². The fourth-order valence-corrected chi connectivity index (χ4v) is 6.02. The third-order valence-electron chi connectivity index (χ3n) is 7.58. The number of hydrogen-bond acceptors (Lipinski definition) is 5. The molecule has 0 aliphatic carbocycles. The van der Waals surface area contributed by atoms with Crippen molar-refractivity contribution in [3.63, 3.8) is 0 Å². The zero-order chi connectivity index (χ0) is 22.5. The lowest BCUT2D eigenvalue weighted by Gasteiger charge is -2.43. The number of benzene rings is 1. The standard InChI is InChI=1S/C25H34O5Si/c1-7-24-14-13-19(28-17-18-11-9-8-10-12-18)20(29-24)21(25(24)15-16-27-22(25)26)30-31(5,6)23(2,3)4/h7-14,19-21H,1,15-17H2,2-6H3/t19-,20?,21+,24+,25+/m0/s1. The van der Waals surface area contributed by atoms with Crippen molar-refractivity contribution < 1.29 is 23.4 Å². The lowest BCUT2D eigenvalue weighted by molar-refractivity contribution is -0.153. The first-order valence-corrected chi connectivity index (χ1v) is 14.0. The van der Waals surface area contributed by atoms with E-state index in [0.29, 0.717) is 19.6 Å². The van der Waals surface area contributed by atoms with Crippen molar-refractivity contribution in [2.24, 2.45) is 5.41 Å². The van der Waals surface area contributed by atoms with Crippen molar-refractivity contribution in [2.75, 3.05) is 6.61 Å². The van der Waals surface area contributed by atoms with E-state index in [0.717, 1.165) is 5.56 Å². The summed E-state index contributed by atoms with van der Waals surface area (Å²) in [6, 6.07) is 10.1. The van der Waals surface area contributed by atoms with E-state index in [1.54, 1.807) is 6.08 Å². The first-order valence-electron chi connectivity index (χ1n) is 11.1. The highest BCUT2D eigenvalue weighted by Gasteiger charge is 2.73. The molecule has 2 saturated heterocycles. The van der Waals surface area contributed by atoms with Crippen molar-refractivity contribution >= 4 is 14.3 Å². The van der Waals surface area contributed by atoms with Gasteiger partial charge in [0.2, 0.25) is 0 Å². The lowest BCUT2D eigenvalue weighted by Crippen LogP contribution is -2.56. The lowest BCUT2D eigenvalue weighted by atomic mass is 9.68. The number of rotatable bonds is 6. The Kier molecular flexibility index (Phi) is 5.57. The van der Waals surface area contributed by atoms with Crippen molar-refractivity contribution in [2.45, 2.75) is 75.8 Å². The molecule has 0 saturated carbocycles. The van der Waals surface area contributed by atoms with Crippen LogP contribution < -0.4 is 0 Å². The minimum Gasteiger partial charge on any atom is -0.465 e. The first kappa shape index (κ1) is 22.5. The molecule has 0 radical (unpaired) electrons. The quantitative estimate of drug-likeness (QED) is 0.360. The van der Waals surface area contributed by atoms with E-state index in [1.165, 1.54) is 0 Å². The number of fused-ring (bicyclic) bond motifs is 3. The van der Waals surface area contributed by atoms with E-state index >= 15 is 0 Å². The highest BCUT2D eigenvalue weighted by Crippen LogP contribution is 2.59. The molecule has 4 rings (SSSR count). The van der Waals surface area contributed by atoms with Gasteiger partial charge in [-0.25, -0.2) is 0 Å². The molecule has 3 aliphatic heterocycles. The normalized spacial score (nSPS) is 34.9. The Morgan fingerprint density at radius 1 is 1.26 bits per heavy atom. The summed E-state index contributed by atoms with van der Waals surface area (Å²) in [7, 11) is -2.22. The molecule has 3 aliphatic rings. The van der Waals surface area contributed by atoms with Crippen LogP contribution in [0.3, 0.4) is 0 Å². The van der Waals surface area contributed by atoms with Gasteiger partial charge in [-0.3, -0.25) is 4.79 Å². The molecule has 5 nitrogen and oxygen atoms in total. The number of esters is 1. The van der Waals surface area contributed by atoms with Crippen LogP contribution in [0.1, 0.15) is 32.8 Å². The Hall–Kier alpha value is -1.73. The molecular formula is C25H34O5Si. The van der Waals surface area contributed by atoms with Gasteiger partial charge in [-0.1, -0.05) is 69.8 Å². The Balaban J connectivity index is 1.70. The summed E-state index contributed by atoms with van der Waals surface area (Å²) in [5, 5.41) is -0.0114.